The Kier molecular flexibility index (Phi) is 3.14. The maximum Gasteiger partial charge on any atom is 0.128 e. The summed E-state index contributed by atoms with van der Waals surface area (Å²) in [6, 6.07) is 10.5. The Hall–Kier alpha value is -1.83. The van der Waals surface area contributed by atoms with Gasteiger partial charge in [-0.2, -0.15) is 0 Å². The van der Waals surface area contributed by atoms with Gasteiger partial charge >= 0.3 is 0 Å². The Labute approximate surface area is 103 Å². The SMILES string of the molecule is Cc1ccccc1-c1cnc(N(C)C)cc1C. The molecule has 2 nitrogen and oxygen atoms in total. The summed E-state index contributed by atoms with van der Waals surface area (Å²) in [5.41, 5.74) is 5.03. The van der Waals surface area contributed by atoms with Crippen molar-refractivity contribution in [2.45, 2.75) is 13.8 Å². The maximum atomic E-state index is 4.48. The number of rotatable bonds is 2. The number of anilines is 1. The van der Waals surface area contributed by atoms with E-state index in [1.54, 1.807) is 0 Å². The van der Waals surface area contributed by atoms with Gasteiger partial charge in [0, 0.05) is 25.9 Å². The van der Waals surface area contributed by atoms with E-state index in [4.69, 9.17) is 0 Å². The largest absolute Gasteiger partial charge is 0.363 e. The third-order valence-corrected chi connectivity index (χ3v) is 2.99. The van der Waals surface area contributed by atoms with Crippen LogP contribution in [-0.4, -0.2) is 19.1 Å². The molecule has 2 heteroatoms. The number of hydrogen-bond donors (Lipinski definition) is 0. The molecule has 0 spiro atoms. The topological polar surface area (TPSA) is 16.1 Å². The third kappa shape index (κ3) is 2.31. The van der Waals surface area contributed by atoms with E-state index in [0.29, 0.717) is 0 Å². The molecule has 0 amide bonds. The molecule has 2 rings (SSSR count). The van der Waals surface area contributed by atoms with E-state index < -0.39 is 0 Å². The monoisotopic (exact) mass is 226 g/mol. The van der Waals surface area contributed by atoms with Gasteiger partial charge in [-0.3, -0.25) is 0 Å². The third-order valence-electron chi connectivity index (χ3n) is 2.99. The first kappa shape index (κ1) is 11.6. The number of aryl methyl sites for hydroxylation is 2. The fraction of sp³-hybridized carbons (Fsp3) is 0.267. The lowest BCUT2D eigenvalue weighted by molar-refractivity contribution is 1.06. The van der Waals surface area contributed by atoms with E-state index >= 15 is 0 Å². The predicted molar refractivity (Wildman–Crippen MR) is 73.5 cm³/mol. The lowest BCUT2D eigenvalue weighted by atomic mass is 9.98. The van der Waals surface area contributed by atoms with E-state index in [9.17, 15) is 0 Å². The van der Waals surface area contributed by atoms with Crippen molar-refractivity contribution in [2.24, 2.45) is 0 Å². The molecular formula is C15H18N2. The van der Waals surface area contributed by atoms with Crippen molar-refractivity contribution in [1.82, 2.24) is 4.98 Å². The number of pyridine rings is 1. The van der Waals surface area contributed by atoms with E-state index in [2.05, 4.69) is 49.2 Å². The molecule has 0 saturated carbocycles. The summed E-state index contributed by atoms with van der Waals surface area (Å²) in [6.07, 6.45) is 1.97. The fourth-order valence-corrected chi connectivity index (χ4v) is 1.94. The van der Waals surface area contributed by atoms with E-state index in [-0.39, 0.29) is 0 Å². The zero-order valence-corrected chi connectivity index (χ0v) is 10.9. The van der Waals surface area contributed by atoms with Crippen LogP contribution in [0, 0.1) is 13.8 Å². The van der Waals surface area contributed by atoms with Gasteiger partial charge in [0.25, 0.3) is 0 Å². The highest BCUT2D eigenvalue weighted by Gasteiger charge is 2.06. The van der Waals surface area contributed by atoms with Gasteiger partial charge < -0.3 is 4.90 Å². The standard InChI is InChI=1S/C15H18N2/c1-11-7-5-6-8-13(11)14-10-16-15(17(3)4)9-12(14)2/h5-10H,1-4H3. The number of nitrogens with zero attached hydrogens (tertiary/aromatic N) is 2. The lowest BCUT2D eigenvalue weighted by Crippen LogP contribution is -2.10. The summed E-state index contributed by atoms with van der Waals surface area (Å²) >= 11 is 0. The van der Waals surface area contributed by atoms with Crippen LogP contribution in [0.2, 0.25) is 0 Å². The molecule has 88 valence electrons. The molecule has 1 aromatic carbocycles. The average molecular weight is 226 g/mol. The molecular weight excluding hydrogens is 208 g/mol. The molecule has 1 aromatic heterocycles. The minimum Gasteiger partial charge on any atom is -0.363 e. The first-order valence-electron chi connectivity index (χ1n) is 5.79. The molecule has 0 aliphatic rings. The van der Waals surface area contributed by atoms with Crippen LogP contribution in [0.15, 0.2) is 36.5 Å². The summed E-state index contributed by atoms with van der Waals surface area (Å²) in [6.45, 7) is 4.27. The van der Waals surface area contributed by atoms with Gasteiger partial charge in [0.1, 0.15) is 5.82 Å². The molecule has 0 aliphatic carbocycles. The van der Waals surface area contributed by atoms with Crippen molar-refractivity contribution in [1.29, 1.82) is 0 Å². The minimum atomic E-state index is 1.000. The summed E-state index contributed by atoms with van der Waals surface area (Å²) in [4.78, 5) is 6.50. The summed E-state index contributed by atoms with van der Waals surface area (Å²) in [5, 5.41) is 0. The van der Waals surface area contributed by atoms with Gasteiger partial charge in [0.15, 0.2) is 0 Å². The molecule has 0 radical (unpaired) electrons. The van der Waals surface area contributed by atoms with Gasteiger partial charge in [-0.05, 0) is 36.6 Å². The maximum absolute atomic E-state index is 4.48. The van der Waals surface area contributed by atoms with Gasteiger partial charge in [0.2, 0.25) is 0 Å². The van der Waals surface area contributed by atoms with Crippen LogP contribution >= 0.6 is 0 Å². The second-order valence-corrected chi connectivity index (χ2v) is 4.57. The smallest absolute Gasteiger partial charge is 0.128 e. The highest BCUT2D eigenvalue weighted by molar-refractivity contribution is 5.70. The summed E-state index contributed by atoms with van der Waals surface area (Å²) in [5.74, 6) is 1.000. The zero-order valence-electron chi connectivity index (χ0n) is 10.9. The normalized spacial score (nSPS) is 10.4. The quantitative estimate of drug-likeness (QED) is 0.780. The van der Waals surface area contributed by atoms with Crippen molar-refractivity contribution in [2.75, 3.05) is 19.0 Å². The Balaban J connectivity index is 2.51. The first-order valence-corrected chi connectivity index (χ1v) is 5.79. The first-order chi connectivity index (χ1) is 8.09. The number of aromatic nitrogens is 1. The van der Waals surface area contributed by atoms with Crippen LogP contribution in [0.5, 0.6) is 0 Å². The Morgan fingerprint density at radius 2 is 1.65 bits per heavy atom. The molecule has 0 bridgehead atoms. The van der Waals surface area contributed by atoms with Crippen LogP contribution in [-0.2, 0) is 0 Å². The second kappa shape index (κ2) is 4.58. The molecule has 0 atom stereocenters. The van der Waals surface area contributed by atoms with Gasteiger partial charge in [-0.15, -0.1) is 0 Å². The van der Waals surface area contributed by atoms with Crippen LogP contribution in [0.1, 0.15) is 11.1 Å². The minimum absolute atomic E-state index is 1.000. The highest BCUT2D eigenvalue weighted by atomic mass is 15.1. The molecule has 0 N–H and O–H groups in total. The molecule has 17 heavy (non-hydrogen) atoms. The predicted octanol–water partition coefficient (Wildman–Crippen LogP) is 3.43. The molecule has 1 heterocycles. The molecule has 2 aromatic rings. The Bertz CT molecular complexity index is 530. The van der Waals surface area contributed by atoms with Crippen LogP contribution < -0.4 is 4.90 Å². The Morgan fingerprint density at radius 1 is 0.941 bits per heavy atom. The average Bonchev–Trinajstić information content (AvgIpc) is 2.30. The van der Waals surface area contributed by atoms with Gasteiger partial charge in [0.05, 0.1) is 0 Å². The van der Waals surface area contributed by atoms with E-state index in [1.165, 1.54) is 22.3 Å². The summed E-state index contributed by atoms with van der Waals surface area (Å²) in [7, 11) is 4.02. The van der Waals surface area contributed by atoms with Crippen LogP contribution in [0.3, 0.4) is 0 Å². The molecule has 0 aliphatic heterocycles. The fourth-order valence-electron chi connectivity index (χ4n) is 1.94. The van der Waals surface area contributed by atoms with Crippen molar-refractivity contribution in [3.8, 4) is 11.1 Å². The second-order valence-electron chi connectivity index (χ2n) is 4.57. The van der Waals surface area contributed by atoms with Gasteiger partial charge in [-0.25, -0.2) is 4.98 Å². The van der Waals surface area contributed by atoms with Crippen molar-refractivity contribution in [3.05, 3.63) is 47.7 Å². The molecule has 0 saturated heterocycles. The van der Waals surface area contributed by atoms with Crippen molar-refractivity contribution >= 4 is 5.82 Å². The van der Waals surface area contributed by atoms with Crippen LogP contribution in [0.4, 0.5) is 5.82 Å². The number of benzene rings is 1. The number of hydrogen-bond acceptors (Lipinski definition) is 2. The van der Waals surface area contributed by atoms with Crippen molar-refractivity contribution in [3.63, 3.8) is 0 Å². The van der Waals surface area contributed by atoms with E-state index in [1.807, 2.05) is 25.2 Å². The van der Waals surface area contributed by atoms with Gasteiger partial charge in [-0.1, -0.05) is 24.3 Å². The molecule has 0 fully saturated rings. The summed E-state index contributed by atoms with van der Waals surface area (Å²) < 4.78 is 0. The lowest BCUT2D eigenvalue weighted by Gasteiger charge is -2.14. The Morgan fingerprint density at radius 3 is 2.24 bits per heavy atom. The molecule has 0 unspecified atom stereocenters. The van der Waals surface area contributed by atoms with Crippen molar-refractivity contribution < 1.29 is 0 Å². The highest BCUT2D eigenvalue weighted by Crippen LogP contribution is 2.27. The zero-order chi connectivity index (χ0) is 12.4. The van der Waals surface area contributed by atoms with E-state index in [0.717, 1.165) is 5.82 Å². The van der Waals surface area contributed by atoms with Crippen LogP contribution in [0.25, 0.3) is 11.1 Å².